The molecule has 1 atom stereocenters. The predicted molar refractivity (Wildman–Crippen MR) is 54.8 cm³/mol. The summed E-state index contributed by atoms with van der Waals surface area (Å²) in [6.45, 7) is 8.28. The van der Waals surface area contributed by atoms with Crippen molar-refractivity contribution in [1.29, 1.82) is 0 Å². The van der Waals surface area contributed by atoms with Crippen LogP contribution in [0, 0.1) is 0 Å². The van der Waals surface area contributed by atoms with Crippen LogP contribution < -0.4 is 5.73 Å². The first-order valence-corrected chi connectivity index (χ1v) is 5.11. The number of hydrogen-bond acceptors (Lipinski definition) is 4. The van der Waals surface area contributed by atoms with Gasteiger partial charge < -0.3 is 10.3 Å². The van der Waals surface area contributed by atoms with E-state index in [2.05, 4.69) is 30.9 Å². The Balaban J connectivity index is 2.88. The van der Waals surface area contributed by atoms with E-state index in [4.69, 9.17) is 10.3 Å². The Morgan fingerprint density at radius 1 is 1.43 bits per heavy atom. The van der Waals surface area contributed by atoms with Gasteiger partial charge in [0.2, 0.25) is 5.89 Å². The normalized spacial score (nSPS) is 14.4. The predicted octanol–water partition coefficient (Wildman–Crippen LogP) is 2.17. The van der Waals surface area contributed by atoms with Crippen LogP contribution in [0.5, 0.6) is 0 Å². The molecule has 0 fully saturated rings. The molecule has 0 aliphatic carbocycles. The van der Waals surface area contributed by atoms with Crippen molar-refractivity contribution in [1.82, 2.24) is 10.1 Å². The van der Waals surface area contributed by atoms with Crippen molar-refractivity contribution in [2.24, 2.45) is 5.73 Å². The van der Waals surface area contributed by atoms with Crippen molar-refractivity contribution in [2.45, 2.75) is 52.0 Å². The summed E-state index contributed by atoms with van der Waals surface area (Å²) >= 11 is 0. The van der Waals surface area contributed by atoms with Gasteiger partial charge in [-0.3, -0.25) is 0 Å². The van der Waals surface area contributed by atoms with E-state index in [-0.39, 0.29) is 11.5 Å². The van der Waals surface area contributed by atoms with E-state index >= 15 is 0 Å². The van der Waals surface area contributed by atoms with E-state index in [0.717, 1.165) is 12.8 Å². The minimum Gasteiger partial charge on any atom is -0.339 e. The third-order valence-corrected chi connectivity index (χ3v) is 2.68. The minimum atomic E-state index is -0.111. The highest BCUT2D eigenvalue weighted by atomic mass is 16.5. The average molecular weight is 197 g/mol. The quantitative estimate of drug-likeness (QED) is 0.803. The van der Waals surface area contributed by atoms with E-state index in [0.29, 0.717) is 11.7 Å². The van der Waals surface area contributed by atoms with E-state index in [1.807, 2.05) is 6.92 Å². The molecule has 1 rings (SSSR count). The zero-order chi connectivity index (χ0) is 10.8. The molecule has 1 heterocycles. The molecule has 80 valence electrons. The zero-order valence-electron chi connectivity index (χ0n) is 9.37. The molecule has 14 heavy (non-hydrogen) atoms. The fraction of sp³-hybridized carbons (Fsp3) is 0.800. The van der Waals surface area contributed by atoms with Crippen molar-refractivity contribution in [3.05, 3.63) is 11.7 Å². The van der Waals surface area contributed by atoms with Gasteiger partial charge in [0.05, 0.1) is 6.04 Å². The molecule has 0 saturated heterocycles. The maximum atomic E-state index is 5.81. The van der Waals surface area contributed by atoms with Crippen LogP contribution in [0.3, 0.4) is 0 Å². The first-order chi connectivity index (χ1) is 6.51. The van der Waals surface area contributed by atoms with Gasteiger partial charge in [-0.25, -0.2) is 0 Å². The summed E-state index contributed by atoms with van der Waals surface area (Å²) in [5.41, 5.74) is 5.75. The third-order valence-electron chi connectivity index (χ3n) is 2.68. The highest BCUT2D eigenvalue weighted by Crippen LogP contribution is 2.25. The third kappa shape index (κ3) is 2.12. The Bertz CT molecular complexity index is 293. The maximum absolute atomic E-state index is 5.81. The molecule has 0 saturated carbocycles. The highest BCUT2D eigenvalue weighted by Gasteiger charge is 2.26. The molecule has 0 amide bonds. The fourth-order valence-corrected chi connectivity index (χ4v) is 0.994. The molecule has 0 aliphatic rings. The van der Waals surface area contributed by atoms with Gasteiger partial charge in [0.25, 0.3) is 0 Å². The fourth-order valence-electron chi connectivity index (χ4n) is 0.994. The van der Waals surface area contributed by atoms with Crippen molar-refractivity contribution in [2.75, 3.05) is 0 Å². The van der Waals surface area contributed by atoms with Crippen molar-refractivity contribution in [3.8, 4) is 0 Å². The van der Waals surface area contributed by atoms with Crippen molar-refractivity contribution in [3.63, 3.8) is 0 Å². The van der Waals surface area contributed by atoms with Gasteiger partial charge >= 0.3 is 0 Å². The maximum Gasteiger partial charge on any atom is 0.232 e. The Morgan fingerprint density at radius 3 is 2.57 bits per heavy atom. The van der Waals surface area contributed by atoms with E-state index in [1.165, 1.54) is 0 Å². The summed E-state index contributed by atoms with van der Waals surface area (Å²) in [7, 11) is 0. The van der Waals surface area contributed by atoms with Crippen LogP contribution in [-0.2, 0) is 5.41 Å². The summed E-state index contributed by atoms with van der Waals surface area (Å²) in [5, 5.41) is 3.89. The standard InChI is InChI=1S/C10H19N3O/c1-5-7(11)8-12-9(14-13-8)10(3,4)6-2/h7H,5-6,11H2,1-4H3. The van der Waals surface area contributed by atoms with Gasteiger partial charge in [-0.2, -0.15) is 4.98 Å². The lowest BCUT2D eigenvalue weighted by molar-refractivity contribution is 0.299. The minimum absolute atomic E-state index is 0.0568. The summed E-state index contributed by atoms with van der Waals surface area (Å²) < 4.78 is 5.20. The summed E-state index contributed by atoms with van der Waals surface area (Å²) in [6, 6.07) is -0.111. The van der Waals surface area contributed by atoms with E-state index in [1.54, 1.807) is 0 Å². The second kappa shape index (κ2) is 4.09. The molecule has 1 aromatic rings. The van der Waals surface area contributed by atoms with Gasteiger partial charge in [-0.15, -0.1) is 0 Å². The van der Waals surface area contributed by atoms with Crippen LogP contribution >= 0.6 is 0 Å². The van der Waals surface area contributed by atoms with Crippen LogP contribution in [-0.4, -0.2) is 10.1 Å². The Labute approximate surface area is 84.9 Å². The lowest BCUT2D eigenvalue weighted by Gasteiger charge is -2.16. The average Bonchev–Trinajstić information content (AvgIpc) is 2.66. The van der Waals surface area contributed by atoms with Crippen LogP contribution in [0.2, 0.25) is 0 Å². The van der Waals surface area contributed by atoms with Gasteiger partial charge in [-0.05, 0) is 12.8 Å². The second-order valence-electron chi connectivity index (χ2n) is 4.21. The molecule has 4 heteroatoms. The van der Waals surface area contributed by atoms with Crippen molar-refractivity contribution < 1.29 is 4.52 Å². The molecular formula is C10H19N3O. The lowest BCUT2D eigenvalue weighted by Crippen LogP contribution is -2.17. The molecule has 0 bridgehead atoms. The number of aromatic nitrogens is 2. The van der Waals surface area contributed by atoms with E-state index < -0.39 is 0 Å². The smallest absolute Gasteiger partial charge is 0.232 e. The van der Waals surface area contributed by atoms with Crippen molar-refractivity contribution >= 4 is 0 Å². The van der Waals surface area contributed by atoms with Gasteiger partial charge in [0, 0.05) is 5.41 Å². The molecule has 2 N–H and O–H groups in total. The van der Waals surface area contributed by atoms with Crippen LogP contribution in [0.25, 0.3) is 0 Å². The first kappa shape index (κ1) is 11.2. The lowest BCUT2D eigenvalue weighted by atomic mass is 9.90. The Kier molecular flexibility index (Phi) is 3.26. The topological polar surface area (TPSA) is 64.9 Å². The first-order valence-electron chi connectivity index (χ1n) is 5.11. The van der Waals surface area contributed by atoms with Crippen LogP contribution in [0.1, 0.15) is 58.3 Å². The SMILES string of the molecule is CCC(N)c1noc(C(C)(C)CC)n1. The second-order valence-corrected chi connectivity index (χ2v) is 4.21. The Morgan fingerprint density at radius 2 is 2.07 bits per heavy atom. The van der Waals surface area contributed by atoms with Gasteiger partial charge in [-0.1, -0.05) is 32.9 Å². The highest BCUT2D eigenvalue weighted by molar-refractivity contribution is 5.02. The van der Waals surface area contributed by atoms with Crippen LogP contribution in [0.4, 0.5) is 0 Å². The number of rotatable bonds is 4. The summed E-state index contributed by atoms with van der Waals surface area (Å²) in [5.74, 6) is 1.29. The van der Waals surface area contributed by atoms with Crippen LogP contribution in [0.15, 0.2) is 4.52 Å². The molecule has 0 radical (unpaired) electrons. The Hall–Kier alpha value is -0.900. The van der Waals surface area contributed by atoms with Gasteiger partial charge in [0.1, 0.15) is 0 Å². The van der Waals surface area contributed by atoms with Gasteiger partial charge in [0.15, 0.2) is 5.82 Å². The molecule has 0 aliphatic heterocycles. The molecule has 1 unspecified atom stereocenters. The largest absolute Gasteiger partial charge is 0.339 e. The molecule has 1 aromatic heterocycles. The number of nitrogens with two attached hydrogens (primary N) is 1. The number of nitrogens with zero attached hydrogens (tertiary/aromatic N) is 2. The zero-order valence-corrected chi connectivity index (χ0v) is 9.37. The molecule has 0 spiro atoms. The number of hydrogen-bond donors (Lipinski definition) is 1. The monoisotopic (exact) mass is 197 g/mol. The summed E-state index contributed by atoms with van der Waals surface area (Å²) in [4.78, 5) is 4.32. The molecule has 0 aromatic carbocycles. The summed E-state index contributed by atoms with van der Waals surface area (Å²) in [6.07, 6.45) is 1.79. The molecular weight excluding hydrogens is 178 g/mol. The van der Waals surface area contributed by atoms with E-state index in [9.17, 15) is 0 Å². The molecule has 4 nitrogen and oxygen atoms in total.